The average Bonchev–Trinajstić information content (AvgIpc) is 3.32. The number of sulfonamides is 1. The van der Waals surface area contributed by atoms with Crippen molar-refractivity contribution in [3.63, 3.8) is 0 Å². The maximum Gasteiger partial charge on any atom is 0.265 e. The van der Waals surface area contributed by atoms with Gasteiger partial charge in [-0.1, -0.05) is 26.8 Å². The average molecular weight is 626 g/mol. The molecule has 2 aromatic carbocycles. The van der Waals surface area contributed by atoms with Crippen LogP contribution in [-0.4, -0.2) is 50.3 Å². The monoisotopic (exact) mass is 625 g/mol. The van der Waals surface area contributed by atoms with Crippen LogP contribution >= 0.6 is 11.3 Å². The Bertz CT molecular complexity index is 1820. The van der Waals surface area contributed by atoms with Crippen LogP contribution in [0.3, 0.4) is 0 Å². The summed E-state index contributed by atoms with van der Waals surface area (Å²) < 4.78 is 94.3. The van der Waals surface area contributed by atoms with E-state index in [1.165, 1.54) is 29.7 Å². The number of hydrogen-bond donors (Lipinski definition) is 2. The molecule has 0 fully saturated rings. The van der Waals surface area contributed by atoms with Crippen LogP contribution in [0.25, 0.3) is 21.8 Å². The molecule has 0 bridgehead atoms. The van der Waals surface area contributed by atoms with E-state index in [1.807, 2.05) is 25.5 Å². The lowest BCUT2D eigenvalue weighted by Crippen LogP contribution is -2.16. The molecular formula is C26H26F3N5O4S3. The molecule has 0 atom stereocenters. The third-order valence-corrected chi connectivity index (χ3v) is 9.42. The molecule has 2 N–H and O–H groups in total. The minimum Gasteiger partial charge on any atom is -0.353 e. The van der Waals surface area contributed by atoms with Gasteiger partial charge in [-0.05, 0) is 36.4 Å². The van der Waals surface area contributed by atoms with Crippen LogP contribution in [0.15, 0.2) is 53.6 Å². The molecule has 0 aliphatic carbocycles. The van der Waals surface area contributed by atoms with Crippen molar-refractivity contribution in [3.05, 3.63) is 71.1 Å². The molecular weight excluding hydrogens is 600 g/mol. The van der Waals surface area contributed by atoms with Crippen molar-refractivity contribution in [3.8, 4) is 21.8 Å². The van der Waals surface area contributed by atoms with E-state index >= 15 is 4.39 Å². The number of halogens is 3. The maximum atomic E-state index is 15.9. The Labute approximate surface area is 239 Å². The maximum absolute atomic E-state index is 15.9. The third-order valence-electron chi connectivity index (χ3n) is 5.59. The first-order valence-corrected chi connectivity index (χ1v) is 16.4. The van der Waals surface area contributed by atoms with Gasteiger partial charge in [-0.2, -0.15) is 0 Å². The predicted molar refractivity (Wildman–Crippen MR) is 153 cm³/mol. The lowest BCUT2D eigenvalue weighted by Gasteiger charge is -2.14. The molecule has 2 heterocycles. The minimum atomic E-state index is -4.69. The highest BCUT2D eigenvalue weighted by Crippen LogP contribution is 2.42. The summed E-state index contributed by atoms with van der Waals surface area (Å²) in [5.41, 5.74) is -0.440. The zero-order valence-corrected chi connectivity index (χ0v) is 24.8. The summed E-state index contributed by atoms with van der Waals surface area (Å²) in [4.78, 5) is 12.7. The smallest absolute Gasteiger partial charge is 0.265 e. The molecule has 2 aromatic heterocycles. The van der Waals surface area contributed by atoms with Crippen molar-refractivity contribution < 1.29 is 30.0 Å². The number of hydrogen-bond acceptors (Lipinski definition) is 9. The second-order valence-corrected chi connectivity index (χ2v) is 15.0. The Morgan fingerprint density at radius 3 is 2.39 bits per heavy atom. The minimum absolute atomic E-state index is 0.0585. The summed E-state index contributed by atoms with van der Waals surface area (Å²) in [5, 5.41) is 3.49. The second kappa shape index (κ2) is 11.4. The fourth-order valence-electron chi connectivity index (χ4n) is 3.59. The van der Waals surface area contributed by atoms with Crippen LogP contribution in [0.1, 0.15) is 25.8 Å². The summed E-state index contributed by atoms with van der Waals surface area (Å²) in [6.07, 6.45) is 2.57. The molecule has 0 aliphatic heterocycles. The molecule has 218 valence electrons. The number of sulfone groups is 1. The van der Waals surface area contributed by atoms with Gasteiger partial charge in [0.1, 0.15) is 26.4 Å². The number of nitrogens with one attached hydrogen (secondary N) is 2. The van der Waals surface area contributed by atoms with Gasteiger partial charge < -0.3 is 5.32 Å². The molecule has 9 nitrogen and oxygen atoms in total. The van der Waals surface area contributed by atoms with Gasteiger partial charge in [0.25, 0.3) is 10.0 Å². The van der Waals surface area contributed by atoms with Gasteiger partial charge in [-0.15, -0.1) is 11.3 Å². The van der Waals surface area contributed by atoms with Crippen molar-refractivity contribution in [1.82, 2.24) is 15.0 Å². The van der Waals surface area contributed by atoms with E-state index in [9.17, 15) is 25.6 Å². The van der Waals surface area contributed by atoms with Crippen molar-refractivity contribution in [2.45, 2.75) is 31.1 Å². The fraction of sp³-hybridized carbons (Fsp3) is 0.269. The Morgan fingerprint density at radius 2 is 1.71 bits per heavy atom. The highest BCUT2D eigenvalue weighted by molar-refractivity contribution is 7.92. The number of thiazole rings is 1. The Hall–Kier alpha value is -3.56. The van der Waals surface area contributed by atoms with Crippen LogP contribution in [0.2, 0.25) is 0 Å². The van der Waals surface area contributed by atoms with Gasteiger partial charge >= 0.3 is 0 Å². The van der Waals surface area contributed by atoms with Gasteiger partial charge in [0.15, 0.2) is 5.82 Å². The summed E-state index contributed by atoms with van der Waals surface area (Å²) in [6, 6.07) is 7.49. The van der Waals surface area contributed by atoms with Crippen LogP contribution < -0.4 is 10.0 Å². The number of nitrogens with zero attached hydrogens (tertiary/aromatic N) is 3. The van der Waals surface area contributed by atoms with Gasteiger partial charge in [0, 0.05) is 30.0 Å². The van der Waals surface area contributed by atoms with Crippen LogP contribution in [0, 0.1) is 17.5 Å². The second-order valence-electron chi connectivity index (χ2n) is 10.1. The summed E-state index contributed by atoms with van der Waals surface area (Å²) in [5.74, 6) is -3.13. The molecule has 15 heteroatoms. The normalized spacial score (nSPS) is 12.4. The van der Waals surface area contributed by atoms with E-state index < -0.39 is 53.3 Å². The zero-order chi connectivity index (χ0) is 30.2. The Morgan fingerprint density at radius 1 is 0.976 bits per heavy atom. The van der Waals surface area contributed by atoms with E-state index in [0.717, 1.165) is 18.4 Å². The molecule has 0 unspecified atom stereocenters. The van der Waals surface area contributed by atoms with E-state index in [0.29, 0.717) is 27.7 Å². The SMILES string of the molecule is CC(C)(C)c1nc(-c2cccc(NS(=O)(=O)c3cc(F)ccc3F)c2F)c(-c2ccnc(NCCS(C)(=O)=O)n2)s1. The van der Waals surface area contributed by atoms with Gasteiger partial charge in [-0.25, -0.2) is 45.0 Å². The largest absolute Gasteiger partial charge is 0.353 e. The number of anilines is 2. The molecule has 4 aromatic rings. The first-order chi connectivity index (χ1) is 19.0. The molecule has 4 rings (SSSR count). The highest BCUT2D eigenvalue weighted by atomic mass is 32.2. The van der Waals surface area contributed by atoms with E-state index in [1.54, 1.807) is 6.07 Å². The number of aromatic nitrogens is 3. The van der Waals surface area contributed by atoms with E-state index in [2.05, 4.69) is 20.3 Å². The lowest BCUT2D eigenvalue weighted by atomic mass is 9.98. The van der Waals surface area contributed by atoms with Crippen LogP contribution in [-0.2, 0) is 25.3 Å². The zero-order valence-electron chi connectivity index (χ0n) is 22.4. The molecule has 0 aliphatic rings. The molecule has 0 saturated heterocycles. The van der Waals surface area contributed by atoms with Gasteiger partial charge in [-0.3, -0.25) is 4.72 Å². The first-order valence-electron chi connectivity index (χ1n) is 12.1. The number of rotatable bonds is 9. The van der Waals surface area contributed by atoms with Crippen molar-refractivity contribution in [2.24, 2.45) is 0 Å². The van der Waals surface area contributed by atoms with Crippen molar-refractivity contribution in [1.29, 1.82) is 0 Å². The third kappa shape index (κ3) is 7.21. The summed E-state index contributed by atoms with van der Waals surface area (Å²) in [7, 11) is -7.90. The van der Waals surface area contributed by atoms with Crippen molar-refractivity contribution in [2.75, 3.05) is 28.6 Å². The first kappa shape index (κ1) is 30.4. The number of benzene rings is 2. The van der Waals surface area contributed by atoms with Crippen molar-refractivity contribution >= 4 is 42.8 Å². The molecule has 0 amide bonds. The van der Waals surface area contributed by atoms with E-state index in [4.69, 9.17) is 0 Å². The van der Waals surface area contributed by atoms with Gasteiger partial charge in [0.05, 0.1) is 32.7 Å². The topological polar surface area (TPSA) is 131 Å². The van der Waals surface area contributed by atoms with Gasteiger partial charge in [0.2, 0.25) is 5.95 Å². The fourth-order valence-corrected chi connectivity index (χ4v) is 6.32. The Kier molecular flexibility index (Phi) is 8.43. The summed E-state index contributed by atoms with van der Waals surface area (Å²) >= 11 is 1.26. The molecule has 0 radical (unpaired) electrons. The standard InChI is InChI=1S/C26H26F3N5O4S3/c1-26(2,3)24-33-22(23(39-24)19-10-11-30-25(32-19)31-12-13-40(4,35)36)16-6-5-7-18(21(16)29)34-41(37,38)20-14-15(27)8-9-17(20)28/h5-11,14,34H,12-13H2,1-4H3,(H,30,31,32). The molecule has 0 spiro atoms. The van der Waals surface area contributed by atoms with Crippen LogP contribution in [0.4, 0.5) is 24.8 Å². The highest BCUT2D eigenvalue weighted by Gasteiger charge is 2.27. The molecule has 41 heavy (non-hydrogen) atoms. The summed E-state index contributed by atoms with van der Waals surface area (Å²) in [6.45, 7) is 5.85. The molecule has 0 saturated carbocycles. The van der Waals surface area contributed by atoms with E-state index in [-0.39, 0.29) is 29.5 Å². The van der Waals surface area contributed by atoms with Crippen LogP contribution in [0.5, 0.6) is 0 Å². The predicted octanol–water partition coefficient (Wildman–Crippen LogP) is 5.24. The lowest BCUT2D eigenvalue weighted by molar-refractivity contribution is 0.555. The Balaban J connectivity index is 1.77. The quantitative estimate of drug-likeness (QED) is 0.258.